The molecule has 3 rings (SSSR count). The van der Waals surface area contributed by atoms with Crippen LogP contribution in [-0.2, 0) is 17.8 Å². The number of hydrogen-bond donors (Lipinski definition) is 1. The fourth-order valence-electron chi connectivity index (χ4n) is 2.34. The topological polar surface area (TPSA) is 72.0 Å². The maximum Gasteiger partial charge on any atom is 0.255 e. The number of allylic oxidation sites excluding steroid dienone is 1. The van der Waals surface area contributed by atoms with Crippen molar-refractivity contribution < 1.29 is 9.59 Å². The Labute approximate surface area is 142 Å². The van der Waals surface area contributed by atoms with Crippen LogP contribution in [0.5, 0.6) is 0 Å². The number of benzene rings is 1. The number of aromatic nitrogens is 2. The lowest BCUT2D eigenvalue weighted by Crippen LogP contribution is -2.30. The Hall–Kier alpha value is -2.34. The number of Topliss-reactive ketones (excluding diaryl/α,β-unsaturated/α-hetero) is 1. The highest BCUT2D eigenvalue weighted by Crippen LogP contribution is 2.20. The minimum Gasteiger partial charge on any atom is -0.348 e. The Balaban J connectivity index is 1.72. The molecule has 0 aliphatic heterocycles. The third kappa shape index (κ3) is 3.37. The van der Waals surface area contributed by atoms with Crippen molar-refractivity contribution in [2.45, 2.75) is 19.9 Å². The van der Waals surface area contributed by atoms with Gasteiger partial charge in [-0.05, 0) is 34.8 Å². The summed E-state index contributed by atoms with van der Waals surface area (Å²) in [6.45, 7) is 2.38. The van der Waals surface area contributed by atoms with Crippen molar-refractivity contribution in [3.8, 4) is 0 Å². The first-order valence-corrected chi connectivity index (χ1v) is 7.94. The fourth-order valence-corrected chi connectivity index (χ4v) is 2.62. The minimum absolute atomic E-state index is 0.134. The normalized spacial score (nSPS) is 13.3. The van der Waals surface area contributed by atoms with Crippen molar-refractivity contribution in [1.82, 2.24) is 15.3 Å². The molecule has 0 atom stereocenters. The Morgan fingerprint density at radius 1 is 1.30 bits per heavy atom. The molecule has 1 amide bonds. The number of fused-ring (bicyclic) bond motifs is 1. The number of rotatable bonds is 3. The van der Waals surface area contributed by atoms with Gasteiger partial charge in [-0.3, -0.25) is 9.59 Å². The zero-order valence-electron chi connectivity index (χ0n) is 12.5. The van der Waals surface area contributed by atoms with Gasteiger partial charge in [0, 0.05) is 18.3 Å². The molecule has 0 saturated heterocycles. The monoisotopic (exact) mass is 371 g/mol. The number of aryl methyl sites for hydroxylation is 1. The molecule has 1 aliphatic carbocycles. The molecule has 6 heteroatoms. The van der Waals surface area contributed by atoms with E-state index in [9.17, 15) is 9.59 Å². The molecular formula is C17H14BrN3O2. The van der Waals surface area contributed by atoms with Gasteiger partial charge < -0.3 is 5.32 Å². The summed E-state index contributed by atoms with van der Waals surface area (Å²) in [6.07, 6.45) is 3.70. The van der Waals surface area contributed by atoms with Crippen molar-refractivity contribution in [3.05, 3.63) is 69.2 Å². The van der Waals surface area contributed by atoms with E-state index in [0.29, 0.717) is 17.7 Å². The second-order valence-corrected chi connectivity index (χ2v) is 6.04. The number of carbonyl (C=O) groups is 2. The van der Waals surface area contributed by atoms with E-state index in [4.69, 9.17) is 0 Å². The van der Waals surface area contributed by atoms with E-state index < -0.39 is 0 Å². The van der Waals surface area contributed by atoms with Crippen LogP contribution in [0.4, 0.5) is 0 Å². The largest absolute Gasteiger partial charge is 0.348 e. The molecule has 1 aliphatic rings. The Morgan fingerprint density at radius 2 is 2.04 bits per heavy atom. The van der Waals surface area contributed by atoms with Crippen LogP contribution in [0.1, 0.15) is 27.2 Å². The molecule has 1 N–H and O–H groups in total. The number of nitrogens with zero attached hydrogens (tertiary/aromatic N) is 2. The van der Waals surface area contributed by atoms with Gasteiger partial charge in [-0.25, -0.2) is 9.97 Å². The molecule has 0 fully saturated rings. The first kappa shape index (κ1) is 15.6. The quantitative estimate of drug-likeness (QED) is 0.664. The Bertz CT molecular complexity index is 813. The number of amides is 1. The van der Waals surface area contributed by atoms with Crippen molar-refractivity contribution >= 4 is 27.6 Å². The second kappa shape index (κ2) is 6.42. The molecule has 0 saturated carbocycles. The average molecular weight is 372 g/mol. The van der Waals surface area contributed by atoms with Gasteiger partial charge in [0.15, 0.2) is 4.73 Å². The second-order valence-electron chi connectivity index (χ2n) is 5.33. The number of carbonyl (C=O) groups excluding carboxylic acids is 2. The van der Waals surface area contributed by atoms with Gasteiger partial charge in [-0.1, -0.05) is 35.9 Å². The Kier molecular flexibility index (Phi) is 4.34. The van der Waals surface area contributed by atoms with E-state index in [1.165, 1.54) is 0 Å². The molecular weight excluding hydrogens is 358 g/mol. The van der Waals surface area contributed by atoms with Crippen LogP contribution in [0, 0.1) is 6.92 Å². The molecule has 0 radical (unpaired) electrons. The van der Waals surface area contributed by atoms with Crippen LogP contribution in [0.2, 0.25) is 0 Å². The van der Waals surface area contributed by atoms with Gasteiger partial charge in [0.25, 0.3) is 5.91 Å². The molecule has 1 heterocycles. The Morgan fingerprint density at radius 3 is 2.78 bits per heavy atom. The fraction of sp³-hybridized carbons (Fsp3) is 0.176. The van der Waals surface area contributed by atoms with Crippen LogP contribution in [0.25, 0.3) is 0 Å². The minimum atomic E-state index is -0.379. The summed E-state index contributed by atoms with van der Waals surface area (Å²) < 4.78 is 0.339. The lowest BCUT2D eigenvalue weighted by atomic mass is 9.95. The number of halogens is 1. The molecule has 0 spiro atoms. The summed E-state index contributed by atoms with van der Waals surface area (Å²) in [6, 6.07) is 7.87. The van der Waals surface area contributed by atoms with Gasteiger partial charge in [0.2, 0.25) is 5.78 Å². The number of ketones is 1. The summed E-state index contributed by atoms with van der Waals surface area (Å²) >= 11 is 3.15. The van der Waals surface area contributed by atoms with Gasteiger partial charge >= 0.3 is 0 Å². The highest BCUT2D eigenvalue weighted by atomic mass is 79.9. The maximum absolute atomic E-state index is 12.4. The van der Waals surface area contributed by atoms with Crippen molar-refractivity contribution in [2.75, 3.05) is 0 Å². The predicted octanol–water partition coefficient (Wildman–Crippen LogP) is 2.53. The van der Waals surface area contributed by atoms with E-state index in [2.05, 4.69) is 31.2 Å². The SMILES string of the molecule is Cc1ccc(CNC(=O)C2=CCc3cnc(Br)nc3C2=O)cc1. The van der Waals surface area contributed by atoms with Crippen molar-refractivity contribution in [1.29, 1.82) is 0 Å². The first-order chi connectivity index (χ1) is 11.0. The van der Waals surface area contributed by atoms with Gasteiger partial charge in [-0.15, -0.1) is 0 Å². The summed E-state index contributed by atoms with van der Waals surface area (Å²) in [7, 11) is 0. The lowest BCUT2D eigenvalue weighted by molar-refractivity contribution is -0.117. The smallest absolute Gasteiger partial charge is 0.255 e. The van der Waals surface area contributed by atoms with Crippen LogP contribution >= 0.6 is 15.9 Å². The zero-order chi connectivity index (χ0) is 16.4. The standard InChI is InChI=1S/C17H14BrN3O2/c1-10-2-4-11(5-3-10)8-19-16(23)13-7-6-12-9-20-17(18)21-14(12)15(13)22/h2-5,7,9H,6,8H2,1H3,(H,19,23). The van der Waals surface area contributed by atoms with Crippen LogP contribution in [-0.4, -0.2) is 21.7 Å². The zero-order valence-corrected chi connectivity index (χ0v) is 14.1. The first-order valence-electron chi connectivity index (χ1n) is 7.14. The molecule has 0 unspecified atom stereocenters. The molecule has 116 valence electrons. The summed E-state index contributed by atoms with van der Waals surface area (Å²) in [5.74, 6) is -0.744. The molecule has 2 aromatic rings. The highest BCUT2D eigenvalue weighted by molar-refractivity contribution is 9.10. The summed E-state index contributed by atoms with van der Waals surface area (Å²) in [5, 5.41) is 2.78. The van der Waals surface area contributed by atoms with E-state index in [0.717, 1.165) is 16.7 Å². The van der Waals surface area contributed by atoms with Crippen molar-refractivity contribution in [2.24, 2.45) is 0 Å². The molecule has 5 nitrogen and oxygen atoms in total. The van der Waals surface area contributed by atoms with Crippen LogP contribution in [0.3, 0.4) is 0 Å². The van der Waals surface area contributed by atoms with E-state index >= 15 is 0 Å². The average Bonchev–Trinajstić information content (AvgIpc) is 2.55. The van der Waals surface area contributed by atoms with Crippen molar-refractivity contribution in [3.63, 3.8) is 0 Å². The molecule has 1 aromatic carbocycles. The van der Waals surface area contributed by atoms with E-state index in [1.807, 2.05) is 31.2 Å². The number of nitrogens with one attached hydrogen (secondary N) is 1. The van der Waals surface area contributed by atoms with Crippen LogP contribution < -0.4 is 5.32 Å². The van der Waals surface area contributed by atoms with Gasteiger partial charge in [0.05, 0.1) is 5.57 Å². The van der Waals surface area contributed by atoms with Crippen LogP contribution in [0.15, 0.2) is 46.8 Å². The summed E-state index contributed by atoms with van der Waals surface area (Å²) in [5.41, 5.74) is 3.30. The third-order valence-corrected chi connectivity index (χ3v) is 4.02. The maximum atomic E-state index is 12.4. The molecule has 0 bridgehead atoms. The highest BCUT2D eigenvalue weighted by Gasteiger charge is 2.27. The summed E-state index contributed by atoms with van der Waals surface area (Å²) in [4.78, 5) is 32.8. The molecule has 23 heavy (non-hydrogen) atoms. The number of hydrogen-bond acceptors (Lipinski definition) is 4. The van der Waals surface area contributed by atoms with Gasteiger partial charge in [-0.2, -0.15) is 0 Å². The predicted molar refractivity (Wildman–Crippen MR) is 88.9 cm³/mol. The lowest BCUT2D eigenvalue weighted by Gasteiger charge is -2.14. The van der Waals surface area contributed by atoms with Gasteiger partial charge in [0.1, 0.15) is 5.69 Å². The third-order valence-electron chi connectivity index (χ3n) is 3.64. The molecule has 1 aromatic heterocycles. The van der Waals surface area contributed by atoms with E-state index in [-0.39, 0.29) is 23.0 Å². The van der Waals surface area contributed by atoms with E-state index in [1.54, 1.807) is 12.3 Å².